The Kier molecular flexibility index (Phi) is 3.15. The molecule has 0 saturated carbocycles. The van der Waals surface area contributed by atoms with Crippen molar-refractivity contribution >= 4 is 33.6 Å². The normalized spacial score (nSPS) is 19.8. The summed E-state index contributed by atoms with van der Waals surface area (Å²) >= 11 is 3.40. The number of hydrogen-bond acceptors (Lipinski definition) is 3. The number of nitrogens with zero attached hydrogens (tertiary/aromatic N) is 2. The fourth-order valence-corrected chi connectivity index (χ4v) is 2.27. The zero-order valence-corrected chi connectivity index (χ0v) is 10.9. The van der Waals surface area contributed by atoms with Crippen LogP contribution >= 0.6 is 15.9 Å². The van der Waals surface area contributed by atoms with Gasteiger partial charge in [0.25, 0.3) is 0 Å². The van der Waals surface area contributed by atoms with Crippen molar-refractivity contribution in [1.29, 1.82) is 0 Å². The fraction of sp³-hybridized carbons (Fsp3) is 0.364. The number of rotatable bonds is 2. The molecule has 17 heavy (non-hydrogen) atoms. The Hall–Kier alpha value is -1.43. The molecule has 1 aliphatic rings. The lowest BCUT2D eigenvalue weighted by Gasteiger charge is -2.17. The van der Waals surface area contributed by atoms with Gasteiger partial charge in [-0.2, -0.15) is 0 Å². The summed E-state index contributed by atoms with van der Waals surface area (Å²) in [5.74, 6) is -0.423. The van der Waals surface area contributed by atoms with Crippen LogP contribution in [0, 0.1) is 12.8 Å². The van der Waals surface area contributed by atoms with E-state index in [2.05, 4.69) is 20.9 Å². The van der Waals surface area contributed by atoms with Gasteiger partial charge in [-0.05, 0) is 34.5 Å². The van der Waals surface area contributed by atoms with Gasteiger partial charge in [-0.1, -0.05) is 0 Å². The Balaban J connectivity index is 2.32. The number of aromatic nitrogens is 1. The van der Waals surface area contributed by atoms with E-state index in [1.54, 1.807) is 6.20 Å². The molecule has 1 unspecified atom stereocenters. The highest BCUT2D eigenvalue weighted by atomic mass is 79.9. The molecule has 1 aromatic rings. The average molecular weight is 298 g/mol. The zero-order valence-electron chi connectivity index (χ0n) is 9.31. The summed E-state index contributed by atoms with van der Waals surface area (Å²) in [4.78, 5) is 28.6. The molecule has 1 aromatic heterocycles. The summed E-state index contributed by atoms with van der Waals surface area (Å²) in [6.45, 7) is 2.23. The molecule has 1 aliphatic heterocycles. The molecule has 0 aromatic carbocycles. The number of nitrogens with two attached hydrogens (primary N) is 1. The van der Waals surface area contributed by atoms with Crippen molar-refractivity contribution in [2.24, 2.45) is 11.7 Å². The van der Waals surface area contributed by atoms with E-state index in [9.17, 15) is 9.59 Å². The number of carbonyl (C=O) groups is 2. The first kappa shape index (κ1) is 12.0. The highest BCUT2D eigenvalue weighted by molar-refractivity contribution is 9.10. The molecule has 2 heterocycles. The molecular formula is C11H12BrN3O2. The molecule has 0 aliphatic carbocycles. The average Bonchev–Trinajstić information content (AvgIpc) is 2.65. The molecule has 1 fully saturated rings. The van der Waals surface area contributed by atoms with Crippen LogP contribution in [0.3, 0.4) is 0 Å². The van der Waals surface area contributed by atoms with Crippen LogP contribution in [0.5, 0.6) is 0 Å². The lowest BCUT2D eigenvalue weighted by atomic mass is 10.1. The van der Waals surface area contributed by atoms with Gasteiger partial charge in [0, 0.05) is 19.2 Å². The molecule has 2 rings (SSSR count). The standard InChI is InChI=1S/C11H12BrN3O2/c1-6-2-3-14-11(9(6)12)15-5-7(10(13)17)4-8(15)16/h2-3,7H,4-5H2,1H3,(H2,13,17). The highest BCUT2D eigenvalue weighted by Crippen LogP contribution is 2.31. The van der Waals surface area contributed by atoms with Gasteiger partial charge in [0.1, 0.15) is 5.82 Å². The number of halogens is 1. The number of carbonyl (C=O) groups excluding carboxylic acids is 2. The van der Waals surface area contributed by atoms with E-state index in [1.807, 2.05) is 13.0 Å². The summed E-state index contributed by atoms with van der Waals surface area (Å²) < 4.78 is 0.776. The van der Waals surface area contributed by atoms with Crippen molar-refractivity contribution in [3.63, 3.8) is 0 Å². The molecule has 2 amide bonds. The van der Waals surface area contributed by atoms with Gasteiger partial charge in [0.05, 0.1) is 10.4 Å². The monoisotopic (exact) mass is 297 g/mol. The predicted molar refractivity (Wildman–Crippen MR) is 66.3 cm³/mol. The van der Waals surface area contributed by atoms with Gasteiger partial charge in [0.2, 0.25) is 11.8 Å². The summed E-state index contributed by atoms with van der Waals surface area (Å²) in [5.41, 5.74) is 6.21. The van der Waals surface area contributed by atoms with Gasteiger partial charge in [0.15, 0.2) is 0 Å². The Bertz CT molecular complexity index is 490. The van der Waals surface area contributed by atoms with Crippen LogP contribution in [0.1, 0.15) is 12.0 Å². The Morgan fingerprint density at radius 2 is 2.35 bits per heavy atom. The molecular weight excluding hydrogens is 286 g/mol. The molecule has 0 bridgehead atoms. The van der Waals surface area contributed by atoms with Gasteiger partial charge < -0.3 is 5.73 Å². The summed E-state index contributed by atoms with van der Waals surface area (Å²) in [5, 5.41) is 0. The van der Waals surface area contributed by atoms with Crippen LogP contribution in [0.4, 0.5) is 5.82 Å². The third-order valence-electron chi connectivity index (χ3n) is 2.85. The second kappa shape index (κ2) is 4.44. The van der Waals surface area contributed by atoms with Crippen molar-refractivity contribution in [3.8, 4) is 0 Å². The maximum absolute atomic E-state index is 11.8. The summed E-state index contributed by atoms with van der Waals surface area (Å²) in [6.07, 6.45) is 1.80. The minimum Gasteiger partial charge on any atom is -0.369 e. The topological polar surface area (TPSA) is 76.3 Å². The minimum absolute atomic E-state index is 0.118. The van der Waals surface area contributed by atoms with Gasteiger partial charge in [-0.25, -0.2) is 4.98 Å². The van der Waals surface area contributed by atoms with Crippen LogP contribution in [-0.4, -0.2) is 23.3 Å². The fourth-order valence-electron chi connectivity index (χ4n) is 1.82. The van der Waals surface area contributed by atoms with Crippen molar-refractivity contribution in [1.82, 2.24) is 4.98 Å². The van der Waals surface area contributed by atoms with Crippen LogP contribution in [0.25, 0.3) is 0 Å². The number of hydrogen-bond donors (Lipinski definition) is 1. The van der Waals surface area contributed by atoms with Gasteiger partial charge in [-0.15, -0.1) is 0 Å². The molecule has 6 heteroatoms. The Morgan fingerprint density at radius 3 is 2.94 bits per heavy atom. The first-order valence-corrected chi connectivity index (χ1v) is 6.00. The third kappa shape index (κ3) is 2.17. The van der Waals surface area contributed by atoms with Gasteiger partial charge >= 0.3 is 0 Å². The molecule has 1 saturated heterocycles. The lowest BCUT2D eigenvalue weighted by molar-refractivity contribution is -0.123. The Morgan fingerprint density at radius 1 is 1.65 bits per heavy atom. The molecule has 0 radical (unpaired) electrons. The number of aryl methyl sites for hydroxylation is 1. The van der Waals surface area contributed by atoms with Crippen LogP contribution in [0.15, 0.2) is 16.7 Å². The SMILES string of the molecule is Cc1ccnc(N2CC(C(N)=O)CC2=O)c1Br. The van der Waals surface area contributed by atoms with E-state index < -0.39 is 11.8 Å². The van der Waals surface area contributed by atoms with Crippen molar-refractivity contribution in [2.45, 2.75) is 13.3 Å². The quantitative estimate of drug-likeness (QED) is 0.884. The van der Waals surface area contributed by atoms with Crippen LogP contribution in [0.2, 0.25) is 0 Å². The van der Waals surface area contributed by atoms with Crippen LogP contribution < -0.4 is 10.6 Å². The van der Waals surface area contributed by atoms with Crippen molar-refractivity contribution in [3.05, 3.63) is 22.3 Å². The minimum atomic E-state index is -0.440. The van der Waals surface area contributed by atoms with E-state index in [1.165, 1.54) is 4.90 Å². The highest BCUT2D eigenvalue weighted by Gasteiger charge is 2.35. The van der Waals surface area contributed by atoms with Gasteiger partial charge in [-0.3, -0.25) is 14.5 Å². The molecule has 1 atom stereocenters. The number of primary amides is 1. The summed E-state index contributed by atoms with van der Waals surface area (Å²) in [7, 11) is 0. The predicted octanol–water partition coefficient (Wildman–Crippen LogP) is 0.991. The lowest BCUT2D eigenvalue weighted by Crippen LogP contribution is -2.29. The summed E-state index contributed by atoms with van der Waals surface area (Å²) in [6, 6.07) is 1.85. The molecule has 0 spiro atoms. The van der Waals surface area contributed by atoms with Crippen LogP contribution in [-0.2, 0) is 9.59 Å². The first-order valence-electron chi connectivity index (χ1n) is 5.21. The first-order chi connectivity index (χ1) is 8.00. The second-order valence-corrected chi connectivity index (χ2v) is 4.87. The smallest absolute Gasteiger partial charge is 0.229 e. The largest absolute Gasteiger partial charge is 0.369 e. The van der Waals surface area contributed by atoms with E-state index in [-0.39, 0.29) is 12.3 Å². The molecule has 2 N–H and O–H groups in total. The second-order valence-electron chi connectivity index (χ2n) is 4.07. The zero-order chi connectivity index (χ0) is 12.6. The van der Waals surface area contributed by atoms with E-state index >= 15 is 0 Å². The van der Waals surface area contributed by atoms with E-state index in [0.717, 1.165) is 10.0 Å². The van der Waals surface area contributed by atoms with E-state index in [4.69, 9.17) is 5.73 Å². The Labute approximate surface area is 107 Å². The van der Waals surface area contributed by atoms with Crippen molar-refractivity contribution in [2.75, 3.05) is 11.4 Å². The molecule has 5 nitrogen and oxygen atoms in total. The maximum atomic E-state index is 11.8. The number of amides is 2. The number of anilines is 1. The molecule has 90 valence electrons. The number of pyridine rings is 1. The maximum Gasteiger partial charge on any atom is 0.229 e. The van der Waals surface area contributed by atoms with E-state index in [0.29, 0.717) is 12.4 Å². The third-order valence-corrected chi connectivity index (χ3v) is 3.83. The van der Waals surface area contributed by atoms with Crippen molar-refractivity contribution < 1.29 is 9.59 Å².